The highest BCUT2D eigenvalue weighted by Gasteiger charge is 2.33. The van der Waals surface area contributed by atoms with Crippen LogP contribution >= 0.6 is 0 Å². The molecular weight excluding hydrogens is 382 g/mol. The van der Waals surface area contributed by atoms with Crippen molar-refractivity contribution >= 4 is 17.6 Å². The van der Waals surface area contributed by atoms with Crippen molar-refractivity contribution in [3.05, 3.63) is 54.1 Å². The van der Waals surface area contributed by atoms with E-state index in [4.69, 9.17) is 9.47 Å². The Labute approximate surface area is 176 Å². The summed E-state index contributed by atoms with van der Waals surface area (Å²) in [7, 11) is 1.61. The number of methoxy groups -OCH3 is 1. The molecule has 158 valence electrons. The van der Waals surface area contributed by atoms with Gasteiger partial charge in [0.2, 0.25) is 0 Å². The van der Waals surface area contributed by atoms with Gasteiger partial charge in [0.1, 0.15) is 0 Å². The van der Waals surface area contributed by atoms with Crippen molar-refractivity contribution in [1.82, 2.24) is 10.2 Å². The van der Waals surface area contributed by atoms with Crippen molar-refractivity contribution in [3.63, 3.8) is 0 Å². The molecule has 2 aromatic carbocycles. The molecule has 0 saturated carbocycles. The quantitative estimate of drug-likeness (QED) is 0.813. The third kappa shape index (κ3) is 4.50. The van der Waals surface area contributed by atoms with E-state index in [9.17, 15) is 9.59 Å². The minimum Gasteiger partial charge on any atom is -0.493 e. The molecule has 1 unspecified atom stereocenters. The number of nitrogens with zero attached hydrogens (tertiary/aromatic N) is 1. The molecule has 1 atom stereocenters. The van der Waals surface area contributed by atoms with Crippen molar-refractivity contribution in [3.8, 4) is 11.5 Å². The zero-order valence-corrected chi connectivity index (χ0v) is 17.1. The average molecular weight is 409 g/mol. The number of hydrogen-bond acceptors (Lipinski definition) is 4. The fraction of sp³-hybridized carbons (Fsp3) is 0.391. The molecule has 0 bridgehead atoms. The lowest BCUT2D eigenvalue weighted by molar-refractivity contribution is -0.140. The maximum atomic E-state index is 13.0. The highest BCUT2D eigenvalue weighted by Crippen LogP contribution is 2.36. The third-order valence-electron chi connectivity index (χ3n) is 5.67. The second kappa shape index (κ2) is 9.07. The molecular formula is C23H27N3O4. The second-order valence-electron chi connectivity index (χ2n) is 7.66. The monoisotopic (exact) mass is 409 g/mol. The molecule has 30 heavy (non-hydrogen) atoms. The van der Waals surface area contributed by atoms with Gasteiger partial charge in [-0.15, -0.1) is 0 Å². The van der Waals surface area contributed by atoms with Gasteiger partial charge in [-0.05, 0) is 49.4 Å². The van der Waals surface area contributed by atoms with Crippen LogP contribution in [0.4, 0.5) is 10.5 Å². The van der Waals surface area contributed by atoms with Gasteiger partial charge in [-0.25, -0.2) is 4.79 Å². The molecule has 4 rings (SSSR count). The van der Waals surface area contributed by atoms with Crippen molar-refractivity contribution in [2.75, 3.05) is 25.5 Å². The van der Waals surface area contributed by atoms with Crippen LogP contribution in [0.25, 0.3) is 0 Å². The topological polar surface area (TPSA) is 79.9 Å². The number of likely N-dealkylation sites (tertiary alicyclic amines) is 1. The Bertz CT molecular complexity index is 880. The molecule has 2 aliphatic heterocycles. The van der Waals surface area contributed by atoms with E-state index >= 15 is 0 Å². The molecule has 1 fully saturated rings. The number of hydrogen-bond donors (Lipinski definition) is 2. The number of amides is 3. The second-order valence-corrected chi connectivity index (χ2v) is 7.66. The fourth-order valence-corrected chi connectivity index (χ4v) is 4.04. The number of rotatable bonds is 4. The maximum Gasteiger partial charge on any atom is 0.319 e. The predicted octanol–water partition coefficient (Wildman–Crippen LogP) is 3.20. The Hall–Kier alpha value is -3.22. The number of aryl methyl sites for hydroxylation is 1. The summed E-state index contributed by atoms with van der Waals surface area (Å²) in [5.74, 6) is 1.36. The Morgan fingerprint density at radius 3 is 2.53 bits per heavy atom. The van der Waals surface area contributed by atoms with E-state index in [1.807, 2.05) is 53.4 Å². The number of piperidine rings is 1. The number of anilines is 1. The summed E-state index contributed by atoms with van der Waals surface area (Å²) in [4.78, 5) is 27.0. The van der Waals surface area contributed by atoms with Gasteiger partial charge >= 0.3 is 6.03 Å². The van der Waals surface area contributed by atoms with Crippen LogP contribution in [0.15, 0.2) is 48.5 Å². The SMILES string of the molecule is COc1cccc2c1OC(C(=O)N1CCC(NC(=O)Nc3ccccc3)CC1)CC2. The number of benzene rings is 2. The third-order valence-corrected chi connectivity index (χ3v) is 5.67. The highest BCUT2D eigenvalue weighted by atomic mass is 16.5. The lowest BCUT2D eigenvalue weighted by Gasteiger charge is -2.36. The van der Waals surface area contributed by atoms with Crippen LogP contribution < -0.4 is 20.1 Å². The smallest absolute Gasteiger partial charge is 0.319 e. The Balaban J connectivity index is 1.28. The molecule has 2 aliphatic rings. The molecule has 3 amide bonds. The molecule has 2 aromatic rings. The van der Waals surface area contributed by atoms with Crippen molar-refractivity contribution in [2.24, 2.45) is 0 Å². The number of para-hydroxylation sites is 2. The minimum absolute atomic E-state index is 0.0127. The molecule has 0 spiro atoms. The maximum absolute atomic E-state index is 13.0. The number of nitrogens with one attached hydrogen (secondary N) is 2. The first kappa shape index (κ1) is 20.1. The van der Waals surface area contributed by atoms with Crippen LogP contribution in [-0.4, -0.2) is 49.2 Å². The first-order valence-corrected chi connectivity index (χ1v) is 10.4. The Morgan fingerprint density at radius 2 is 1.80 bits per heavy atom. The lowest BCUT2D eigenvalue weighted by Crippen LogP contribution is -2.51. The van der Waals surface area contributed by atoms with E-state index in [0.29, 0.717) is 31.0 Å². The Kier molecular flexibility index (Phi) is 6.07. The lowest BCUT2D eigenvalue weighted by atomic mass is 9.99. The first-order chi connectivity index (χ1) is 14.6. The van der Waals surface area contributed by atoms with E-state index in [2.05, 4.69) is 10.6 Å². The van der Waals surface area contributed by atoms with E-state index in [0.717, 1.165) is 30.5 Å². The zero-order valence-electron chi connectivity index (χ0n) is 17.1. The van der Waals surface area contributed by atoms with Crippen molar-refractivity contribution in [1.29, 1.82) is 0 Å². The van der Waals surface area contributed by atoms with E-state index in [-0.39, 0.29) is 18.0 Å². The van der Waals surface area contributed by atoms with Crippen LogP contribution in [0.3, 0.4) is 0 Å². The normalized spacial score (nSPS) is 18.7. The molecule has 7 heteroatoms. The van der Waals surface area contributed by atoms with E-state index in [1.54, 1.807) is 7.11 Å². The minimum atomic E-state index is -0.486. The van der Waals surface area contributed by atoms with E-state index < -0.39 is 6.10 Å². The van der Waals surface area contributed by atoms with Gasteiger partial charge in [-0.2, -0.15) is 0 Å². The van der Waals surface area contributed by atoms with Gasteiger partial charge < -0.3 is 25.0 Å². The van der Waals surface area contributed by atoms with Gasteiger partial charge in [0.15, 0.2) is 17.6 Å². The molecule has 2 heterocycles. The highest BCUT2D eigenvalue weighted by molar-refractivity contribution is 5.89. The number of fused-ring (bicyclic) bond motifs is 1. The van der Waals surface area contributed by atoms with Gasteiger partial charge in [-0.3, -0.25) is 4.79 Å². The standard InChI is InChI=1S/C23H27N3O4/c1-29-19-9-5-6-16-10-11-20(30-21(16)19)22(27)26-14-12-18(13-15-26)25-23(28)24-17-7-3-2-4-8-17/h2-9,18,20H,10-15H2,1H3,(H2,24,25,28). The van der Waals surface area contributed by atoms with Crippen LogP contribution in [-0.2, 0) is 11.2 Å². The summed E-state index contributed by atoms with van der Waals surface area (Å²) in [6.45, 7) is 1.21. The summed E-state index contributed by atoms with van der Waals surface area (Å²) >= 11 is 0. The summed E-state index contributed by atoms with van der Waals surface area (Å²) < 4.78 is 11.4. The largest absolute Gasteiger partial charge is 0.493 e. The Morgan fingerprint density at radius 1 is 1.03 bits per heavy atom. The van der Waals surface area contributed by atoms with E-state index in [1.165, 1.54) is 0 Å². The van der Waals surface area contributed by atoms with Crippen molar-refractivity contribution in [2.45, 2.75) is 37.8 Å². The van der Waals surface area contributed by atoms with Gasteiger partial charge in [0, 0.05) is 24.8 Å². The molecule has 1 saturated heterocycles. The number of carbonyl (C=O) groups excluding carboxylic acids is 2. The zero-order chi connectivity index (χ0) is 20.9. The number of carbonyl (C=O) groups is 2. The number of ether oxygens (including phenoxy) is 2. The van der Waals surface area contributed by atoms with Gasteiger partial charge in [-0.1, -0.05) is 30.3 Å². The summed E-state index contributed by atoms with van der Waals surface area (Å²) in [5, 5.41) is 5.83. The summed E-state index contributed by atoms with van der Waals surface area (Å²) in [5.41, 5.74) is 1.83. The van der Waals surface area contributed by atoms with Crippen LogP contribution in [0.2, 0.25) is 0 Å². The molecule has 2 N–H and O–H groups in total. The van der Waals surface area contributed by atoms with Crippen molar-refractivity contribution < 1.29 is 19.1 Å². The first-order valence-electron chi connectivity index (χ1n) is 10.4. The fourth-order valence-electron chi connectivity index (χ4n) is 4.04. The number of urea groups is 1. The van der Waals surface area contributed by atoms with Crippen LogP contribution in [0.1, 0.15) is 24.8 Å². The van der Waals surface area contributed by atoms with Crippen LogP contribution in [0.5, 0.6) is 11.5 Å². The molecule has 0 radical (unpaired) electrons. The molecule has 0 aromatic heterocycles. The van der Waals surface area contributed by atoms with Gasteiger partial charge in [0.05, 0.1) is 7.11 Å². The molecule has 0 aliphatic carbocycles. The summed E-state index contributed by atoms with van der Waals surface area (Å²) in [6.07, 6.45) is 2.41. The molecule has 7 nitrogen and oxygen atoms in total. The van der Waals surface area contributed by atoms with Gasteiger partial charge in [0.25, 0.3) is 5.91 Å². The summed E-state index contributed by atoms with van der Waals surface area (Å²) in [6, 6.07) is 15.0. The average Bonchev–Trinajstić information content (AvgIpc) is 2.79. The predicted molar refractivity (Wildman–Crippen MR) is 114 cm³/mol. The van der Waals surface area contributed by atoms with Crippen LogP contribution in [0, 0.1) is 0 Å².